The molecule has 0 radical (unpaired) electrons. The second kappa shape index (κ2) is 8.79. The Kier molecular flexibility index (Phi) is 6.39. The van der Waals surface area contributed by atoms with Gasteiger partial charge in [0.25, 0.3) is 5.91 Å². The van der Waals surface area contributed by atoms with E-state index in [1.807, 2.05) is 51.0 Å². The van der Waals surface area contributed by atoms with Crippen molar-refractivity contribution in [2.45, 2.75) is 20.4 Å². The van der Waals surface area contributed by atoms with E-state index in [1.54, 1.807) is 23.8 Å². The van der Waals surface area contributed by atoms with E-state index in [1.165, 1.54) is 11.3 Å². The van der Waals surface area contributed by atoms with E-state index >= 15 is 0 Å². The number of carbonyl (C=O) groups excluding carboxylic acids is 1. The van der Waals surface area contributed by atoms with E-state index in [9.17, 15) is 4.79 Å². The normalized spacial score (nSPS) is 11.3. The third-order valence-corrected chi connectivity index (χ3v) is 5.66. The van der Waals surface area contributed by atoms with Crippen LogP contribution in [0.3, 0.4) is 0 Å². The molecule has 0 atom stereocenters. The van der Waals surface area contributed by atoms with Gasteiger partial charge in [-0.2, -0.15) is 5.10 Å². The number of nitrogens with zero attached hydrogens (tertiary/aromatic N) is 5. The molecule has 29 heavy (non-hydrogen) atoms. The number of aryl methyl sites for hydroxylation is 2. The molecule has 2 aromatic heterocycles. The minimum Gasteiger partial charge on any atom is -0.495 e. The summed E-state index contributed by atoms with van der Waals surface area (Å²) in [6.07, 6.45) is 0. The fourth-order valence-electron chi connectivity index (χ4n) is 3.07. The molecular weight excluding hydrogens is 390 g/mol. The molecule has 1 aromatic carbocycles. The number of carbonyl (C=O) groups is 1. The van der Waals surface area contributed by atoms with Crippen molar-refractivity contribution in [2.24, 2.45) is 0 Å². The molecule has 0 saturated heterocycles. The highest BCUT2D eigenvalue weighted by atomic mass is 32.1. The predicted octanol–water partition coefficient (Wildman–Crippen LogP) is 3.05. The van der Waals surface area contributed by atoms with Gasteiger partial charge in [0.1, 0.15) is 27.4 Å². The van der Waals surface area contributed by atoms with Crippen LogP contribution in [0, 0.1) is 6.92 Å². The van der Waals surface area contributed by atoms with Crippen LogP contribution in [0.4, 0.5) is 5.13 Å². The maximum atomic E-state index is 13.5. The zero-order chi connectivity index (χ0) is 21.1. The van der Waals surface area contributed by atoms with Crippen LogP contribution in [0.5, 0.6) is 11.5 Å². The number of benzene rings is 1. The monoisotopic (exact) mass is 417 g/mol. The maximum absolute atomic E-state index is 13.5. The number of anilines is 1. The van der Waals surface area contributed by atoms with Gasteiger partial charge in [-0.1, -0.05) is 11.3 Å². The van der Waals surface area contributed by atoms with Crippen LogP contribution in [-0.2, 0) is 6.54 Å². The van der Waals surface area contributed by atoms with E-state index in [-0.39, 0.29) is 5.91 Å². The van der Waals surface area contributed by atoms with Crippen molar-refractivity contribution in [3.8, 4) is 11.5 Å². The summed E-state index contributed by atoms with van der Waals surface area (Å²) >= 11 is 1.42. The van der Waals surface area contributed by atoms with Gasteiger partial charge in [0.2, 0.25) is 0 Å². The molecule has 0 aliphatic heterocycles. The number of thiazole rings is 1. The Bertz CT molecular complexity index is 970. The van der Waals surface area contributed by atoms with Crippen molar-refractivity contribution in [2.75, 3.05) is 46.3 Å². The van der Waals surface area contributed by atoms with Crippen LogP contribution in [0.1, 0.15) is 23.1 Å². The summed E-state index contributed by atoms with van der Waals surface area (Å²) in [7, 11) is 7.19. The van der Waals surface area contributed by atoms with Gasteiger partial charge in [0, 0.05) is 19.6 Å². The highest BCUT2D eigenvalue weighted by Crippen LogP contribution is 2.40. The average molecular weight is 418 g/mol. The lowest BCUT2D eigenvalue weighted by atomic mass is 10.3. The Morgan fingerprint density at radius 3 is 2.48 bits per heavy atom. The van der Waals surface area contributed by atoms with Gasteiger partial charge in [-0.25, -0.2) is 4.98 Å². The summed E-state index contributed by atoms with van der Waals surface area (Å²) < 4.78 is 13.5. The van der Waals surface area contributed by atoms with Crippen molar-refractivity contribution >= 4 is 32.6 Å². The summed E-state index contributed by atoms with van der Waals surface area (Å²) in [5.74, 6) is 1.24. The summed E-state index contributed by atoms with van der Waals surface area (Å²) in [5.41, 5.74) is 2.06. The fraction of sp³-hybridized carbons (Fsp3) is 0.450. The molecule has 156 valence electrons. The molecule has 0 saturated carbocycles. The lowest BCUT2D eigenvalue weighted by Crippen LogP contribution is -2.37. The van der Waals surface area contributed by atoms with Gasteiger partial charge >= 0.3 is 0 Å². The van der Waals surface area contributed by atoms with Gasteiger partial charge < -0.3 is 14.4 Å². The highest BCUT2D eigenvalue weighted by Gasteiger charge is 2.26. The summed E-state index contributed by atoms with van der Waals surface area (Å²) in [6, 6.07) is 5.50. The number of aromatic nitrogens is 3. The van der Waals surface area contributed by atoms with Crippen LogP contribution in [0.15, 0.2) is 18.2 Å². The SMILES string of the molecule is CCn1nc(C)cc1C(=O)N(CCN(C)C)c1nc2c(OC)ccc(OC)c2s1. The molecule has 0 fully saturated rings. The first-order valence-corrected chi connectivity index (χ1v) is 10.2. The molecule has 2 heterocycles. The number of likely N-dealkylation sites (N-methyl/N-ethyl adjacent to an activating group) is 1. The van der Waals surface area contributed by atoms with Crippen molar-refractivity contribution < 1.29 is 14.3 Å². The molecule has 8 nitrogen and oxygen atoms in total. The Morgan fingerprint density at radius 1 is 1.17 bits per heavy atom. The maximum Gasteiger partial charge on any atom is 0.278 e. The predicted molar refractivity (Wildman–Crippen MR) is 116 cm³/mol. The molecule has 0 N–H and O–H groups in total. The van der Waals surface area contributed by atoms with Gasteiger partial charge in [-0.3, -0.25) is 14.4 Å². The third-order valence-electron chi connectivity index (χ3n) is 4.57. The van der Waals surface area contributed by atoms with Crippen LogP contribution < -0.4 is 14.4 Å². The van der Waals surface area contributed by atoms with Gasteiger partial charge in [-0.15, -0.1) is 0 Å². The number of methoxy groups -OCH3 is 2. The average Bonchev–Trinajstić information content (AvgIpc) is 3.30. The lowest BCUT2D eigenvalue weighted by Gasteiger charge is -2.22. The first kappa shape index (κ1) is 21.1. The first-order valence-electron chi connectivity index (χ1n) is 9.42. The Balaban J connectivity index is 2.10. The Hall–Kier alpha value is -2.65. The molecule has 0 aliphatic carbocycles. The third kappa shape index (κ3) is 4.20. The van der Waals surface area contributed by atoms with Crippen molar-refractivity contribution in [3.63, 3.8) is 0 Å². The molecule has 0 aliphatic rings. The standard InChI is InChI=1S/C20H27N5O3S/c1-7-25-14(12-13(2)22-25)19(26)24(11-10-23(3)4)20-21-17-15(27-5)8-9-16(28-6)18(17)29-20/h8-9,12H,7,10-11H2,1-6H3. The summed E-state index contributed by atoms with van der Waals surface area (Å²) in [5, 5.41) is 5.03. The molecule has 9 heteroatoms. The van der Waals surface area contributed by atoms with E-state index in [4.69, 9.17) is 14.5 Å². The zero-order valence-corrected chi connectivity index (χ0v) is 18.5. The molecule has 0 spiro atoms. The number of amides is 1. The lowest BCUT2D eigenvalue weighted by molar-refractivity contribution is 0.0975. The van der Waals surface area contributed by atoms with Crippen LogP contribution in [0.2, 0.25) is 0 Å². The highest BCUT2D eigenvalue weighted by molar-refractivity contribution is 7.22. The molecular formula is C20H27N5O3S. The Morgan fingerprint density at radius 2 is 1.86 bits per heavy atom. The second-order valence-electron chi connectivity index (χ2n) is 6.89. The van der Waals surface area contributed by atoms with E-state index in [0.29, 0.717) is 47.5 Å². The van der Waals surface area contributed by atoms with E-state index < -0.39 is 0 Å². The second-order valence-corrected chi connectivity index (χ2v) is 7.87. The fourth-order valence-corrected chi connectivity index (χ4v) is 4.17. The number of rotatable bonds is 8. The number of hydrogen-bond donors (Lipinski definition) is 0. The smallest absolute Gasteiger partial charge is 0.278 e. The van der Waals surface area contributed by atoms with E-state index in [2.05, 4.69) is 5.10 Å². The number of ether oxygens (including phenoxy) is 2. The van der Waals surface area contributed by atoms with Gasteiger partial charge in [0.05, 0.1) is 19.9 Å². The quantitative estimate of drug-likeness (QED) is 0.561. The topological polar surface area (TPSA) is 72.7 Å². The van der Waals surface area contributed by atoms with E-state index in [0.717, 1.165) is 10.4 Å². The molecule has 0 unspecified atom stereocenters. The minimum absolute atomic E-state index is 0.119. The summed E-state index contributed by atoms with van der Waals surface area (Å²) in [6.45, 7) is 5.69. The molecule has 0 bridgehead atoms. The van der Waals surface area contributed by atoms with Gasteiger partial charge in [-0.05, 0) is 46.1 Å². The number of hydrogen-bond acceptors (Lipinski definition) is 7. The largest absolute Gasteiger partial charge is 0.495 e. The van der Waals surface area contributed by atoms with Crippen molar-refractivity contribution in [3.05, 3.63) is 29.6 Å². The Labute approximate surface area is 174 Å². The van der Waals surface area contributed by atoms with Crippen LogP contribution in [-0.4, -0.2) is 67.0 Å². The van der Waals surface area contributed by atoms with Crippen LogP contribution in [0.25, 0.3) is 10.2 Å². The summed E-state index contributed by atoms with van der Waals surface area (Å²) in [4.78, 5) is 22.0. The molecule has 3 aromatic rings. The van der Waals surface area contributed by atoms with Crippen molar-refractivity contribution in [1.82, 2.24) is 19.7 Å². The van der Waals surface area contributed by atoms with Crippen LogP contribution >= 0.6 is 11.3 Å². The first-order chi connectivity index (χ1) is 13.9. The van der Waals surface area contributed by atoms with Crippen molar-refractivity contribution in [1.29, 1.82) is 0 Å². The zero-order valence-electron chi connectivity index (χ0n) is 17.7. The number of fused-ring (bicyclic) bond motifs is 1. The van der Waals surface area contributed by atoms with Gasteiger partial charge in [0.15, 0.2) is 5.13 Å². The minimum atomic E-state index is -0.119. The molecule has 3 rings (SSSR count). The molecule has 1 amide bonds.